The van der Waals surface area contributed by atoms with E-state index in [-0.39, 0.29) is 52.0 Å². The molecule has 1 N–H and O–H groups in total. The quantitative estimate of drug-likeness (QED) is 0.502. The highest BCUT2D eigenvalue weighted by Gasteiger charge is 2.48. The third kappa shape index (κ3) is 5.90. The van der Waals surface area contributed by atoms with Crippen molar-refractivity contribution in [2.45, 2.75) is 43.8 Å². The van der Waals surface area contributed by atoms with Gasteiger partial charge < -0.3 is 19.9 Å². The highest BCUT2D eigenvalue weighted by atomic mass is 35.5. The van der Waals surface area contributed by atoms with Crippen LogP contribution in [0.2, 0.25) is 10.0 Å². The van der Waals surface area contributed by atoms with Crippen LogP contribution >= 0.6 is 23.2 Å². The minimum atomic E-state index is -1.02. The number of carbonyl (C=O) groups excluding carboxylic acids is 4. The Labute approximate surface area is 238 Å². The van der Waals surface area contributed by atoms with Crippen LogP contribution in [0.5, 0.6) is 0 Å². The van der Waals surface area contributed by atoms with Crippen LogP contribution in [0.4, 0.5) is 10.5 Å². The molecule has 2 aliphatic rings. The summed E-state index contributed by atoms with van der Waals surface area (Å²) in [4.78, 5) is 57.1. The lowest BCUT2D eigenvalue weighted by molar-refractivity contribution is -0.142. The zero-order valence-electron chi connectivity index (χ0n) is 22.3. The zero-order valence-corrected chi connectivity index (χ0v) is 23.8. The molecule has 1 saturated heterocycles. The van der Waals surface area contributed by atoms with E-state index in [0.29, 0.717) is 17.7 Å². The van der Waals surface area contributed by atoms with Crippen molar-refractivity contribution in [3.63, 3.8) is 0 Å². The summed E-state index contributed by atoms with van der Waals surface area (Å²) in [5.74, 6) is -1.72. The number of hydrogen-bond donors (Lipinski definition) is 1. The molecule has 0 aromatic heterocycles. The molecule has 1 aliphatic heterocycles. The van der Waals surface area contributed by atoms with Gasteiger partial charge in [0.2, 0.25) is 5.91 Å². The molecule has 1 aliphatic carbocycles. The van der Waals surface area contributed by atoms with Gasteiger partial charge >= 0.3 is 12.0 Å². The SMILES string of the molecule is COC(=O)[C@H](Cc1ccc(N2C(=O)C3CC(N(C)C)CCC3N(C)C2=O)cc1)NC(=O)c1c(Cl)cccc1Cl. The second kappa shape index (κ2) is 11.9. The van der Waals surface area contributed by atoms with Gasteiger partial charge in [-0.05, 0) is 63.2 Å². The van der Waals surface area contributed by atoms with Crippen LogP contribution in [-0.4, -0.2) is 80.0 Å². The summed E-state index contributed by atoms with van der Waals surface area (Å²) in [7, 11) is 7.00. The number of amides is 4. The fraction of sp³-hybridized carbons (Fsp3) is 0.429. The number of imide groups is 1. The molecule has 1 saturated carbocycles. The maximum atomic E-state index is 13.5. The Balaban J connectivity index is 1.52. The van der Waals surface area contributed by atoms with E-state index < -0.39 is 17.9 Å². The van der Waals surface area contributed by atoms with Crippen LogP contribution in [0, 0.1) is 5.92 Å². The summed E-state index contributed by atoms with van der Waals surface area (Å²) in [5, 5.41) is 2.96. The summed E-state index contributed by atoms with van der Waals surface area (Å²) < 4.78 is 4.89. The first-order valence-electron chi connectivity index (χ1n) is 12.7. The molecule has 39 heavy (non-hydrogen) atoms. The van der Waals surface area contributed by atoms with Crippen molar-refractivity contribution in [1.82, 2.24) is 15.1 Å². The molecular formula is C28H32Cl2N4O5. The highest BCUT2D eigenvalue weighted by molar-refractivity contribution is 6.39. The smallest absolute Gasteiger partial charge is 0.331 e. The Morgan fingerprint density at radius 1 is 1.08 bits per heavy atom. The second-order valence-corrected chi connectivity index (χ2v) is 11.0. The molecule has 4 atom stereocenters. The summed E-state index contributed by atoms with van der Waals surface area (Å²) in [6.45, 7) is 0. The number of nitrogens with zero attached hydrogens (tertiary/aromatic N) is 3. The third-order valence-corrected chi connectivity index (χ3v) is 8.29. The Kier molecular flexibility index (Phi) is 8.83. The van der Waals surface area contributed by atoms with Crippen LogP contribution in [-0.2, 0) is 20.7 Å². The van der Waals surface area contributed by atoms with Gasteiger partial charge in [-0.15, -0.1) is 0 Å². The van der Waals surface area contributed by atoms with E-state index >= 15 is 0 Å². The molecule has 11 heteroatoms. The molecule has 0 spiro atoms. The van der Waals surface area contributed by atoms with E-state index in [0.717, 1.165) is 12.8 Å². The van der Waals surface area contributed by atoms with E-state index in [1.54, 1.807) is 42.3 Å². The largest absolute Gasteiger partial charge is 0.467 e. The third-order valence-electron chi connectivity index (χ3n) is 7.66. The summed E-state index contributed by atoms with van der Waals surface area (Å²) in [5.41, 5.74) is 1.20. The van der Waals surface area contributed by atoms with Crippen LogP contribution in [0.1, 0.15) is 35.2 Å². The predicted molar refractivity (Wildman–Crippen MR) is 149 cm³/mol. The Bertz CT molecular complexity index is 1250. The van der Waals surface area contributed by atoms with Crippen LogP contribution in [0.3, 0.4) is 0 Å². The van der Waals surface area contributed by atoms with Crippen LogP contribution in [0.25, 0.3) is 0 Å². The number of benzene rings is 2. The van der Waals surface area contributed by atoms with Gasteiger partial charge in [-0.3, -0.25) is 9.59 Å². The van der Waals surface area contributed by atoms with Crippen molar-refractivity contribution in [3.8, 4) is 0 Å². The number of carbonyl (C=O) groups is 4. The van der Waals surface area contributed by atoms with Gasteiger partial charge in [-0.2, -0.15) is 0 Å². The van der Waals surface area contributed by atoms with Crippen molar-refractivity contribution < 1.29 is 23.9 Å². The molecule has 0 bridgehead atoms. The van der Waals surface area contributed by atoms with Crippen molar-refractivity contribution >= 4 is 52.7 Å². The van der Waals surface area contributed by atoms with Crippen LogP contribution in [0.15, 0.2) is 42.5 Å². The Morgan fingerprint density at radius 3 is 2.31 bits per heavy atom. The Morgan fingerprint density at radius 2 is 1.72 bits per heavy atom. The molecule has 2 fully saturated rings. The number of hydrogen-bond acceptors (Lipinski definition) is 6. The summed E-state index contributed by atoms with van der Waals surface area (Å²) >= 11 is 12.3. The lowest BCUT2D eigenvalue weighted by atomic mass is 9.78. The average molecular weight is 575 g/mol. The normalized spacial score (nSPS) is 22.0. The van der Waals surface area contributed by atoms with E-state index in [9.17, 15) is 19.2 Å². The standard InChI is InChI=1S/C28H32Cl2N4O5/c1-32(2)18-12-13-23-19(15-18)26(36)34(28(38)33(23)3)17-10-8-16(9-11-17)14-22(27(37)39-4)31-25(35)24-20(29)6-5-7-21(24)30/h5-11,18-19,22-23H,12-15H2,1-4H3,(H,31,35)/t18?,19?,22-,23?/m0/s1. The summed E-state index contributed by atoms with van der Waals surface area (Å²) in [6.07, 6.45) is 2.53. The average Bonchev–Trinajstić information content (AvgIpc) is 2.91. The molecule has 1 heterocycles. The second-order valence-electron chi connectivity index (χ2n) is 10.2. The minimum absolute atomic E-state index is 0.0638. The van der Waals surface area contributed by atoms with E-state index in [2.05, 4.69) is 10.2 Å². The van der Waals surface area contributed by atoms with Gasteiger partial charge in [0.15, 0.2) is 0 Å². The number of esters is 1. The fourth-order valence-electron chi connectivity index (χ4n) is 5.43. The van der Waals surface area contributed by atoms with Crippen molar-refractivity contribution in [2.75, 3.05) is 33.2 Å². The monoisotopic (exact) mass is 574 g/mol. The number of urea groups is 1. The van der Waals surface area contributed by atoms with E-state index in [1.807, 2.05) is 14.1 Å². The molecule has 4 rings (SSSR count). The molecule has 2 aromatic carbocycles. The Hall–Kier alpha value is -3.14. The maximum absolute atomic E-state index is 13.5. The van der Waals surface area contributed by atoms with Crippen LogP contribution < -0.4 is 10.2 Å². The molecule has 3 unspecified atom stereocenters. The first-order chi connectivity index (χ1) is 18.5. The number of nitrogens with one attached hydrogen (secondary N) is 1. The highest BCUT2D eigenvalue weighted by Crippen LogP contribution is 2.37. The topological polar surface area (TPSA) is 99.3 Å². The van der Waals surface area contributed by atoms with E-state index in [1.165, 1.54) is 24.1 Å². The first-order valence-corrected chi connectivity index (χ1v) is 13.5. The van der Waals surface area contributed by atoms with E-state index in [4.69, 9.17) is 27.9 Å². The van der Waals surface area contributed by atoms with Crippen molar-refractivity contribution in [2.24, 2.45) is 5.92 Å². The van der Waals surface area contributed by atoms with Gasteiger partial charge in [0.25, 0.3) is 5.91 Å². The number of methoxy groups -OCH3 is 1. The lowest BCUT2D eigenvalue weighted by Gasteiger charge is -2.47. The fourth-order valence-corrected chi connectivity index (χ4v) is 5.99. The van der Waals surface area contributed by atoms with Gasteiger partial charge in [-0.25, -0.2) is 14.5 Å². The number of ether oxygens (including phenoxy) is 1. The molecule has 0 radical (unpaired) electrons. The maximum Gasteiger partial charge on any atom is 0.331 e. The van der Waals surface area contributed by atoms with Gasteiger partial charge in [0.1, 0.15) is 6.04 Å². The molecule has 208 valence electrons. The van der Waals surface area contributed by atoms with Crippen molar-refractivity contribution in [1.29, 1.82) is 0 Å². The summed E-state index contributed by atoms with van der Waals surface area (Å²) in [6, 6.07) is 10.3. The minimum Gasteiger partial charge on any atom is -0.467 e. The van der Waals surface area contributed by atoms with Crippen molar-refractivity contribution in [3.05, 3.63) is 63.6 Å². The number of rotatable bonds is 7. The number of anilines is 1. The number of fused-ring (bicyclic) bond motifs is 1. The molecule has 4 amide bonds. The predicted octanol–water partition coefficient (Wildman–Crippen LogP) is 4.00. The van der Waals surface area contributed by atoms with Gasteiger partial charge in [0.05, 0.1) is 34.3 Å². The lowest BCUT2D eigenvalue weighted by Crippen LogP contribution is -2.63. The van der Waals surface area contributed by atoms with Gasteiger partial charge in [0, 0.05) is 25.6 Å². The molecule has 2 aromatic rings. The molecular weight excluding hydrogens is 543 g/mol. The van der Waals surface area contributed by atoms with Gasteiger partial charge in [-0.1, -0.05) is 41.4 Å². The first kappa shape index (κ1) is 28.9. The molecule has 9 nitrogen and oxygen atoms in total. The zero-order chi connectivity index (χ0) is 28.4. The number of halogens is 2.